The Balaban J connectivity index is 2.02. The Morgan fingerprint density at radius 3 is 2.58 bits per heavy atom. The van der Waals surface area contributed by atoms with Crippen LogP contribution >= 0.6 is 11.3 Å². The maximum Gasteiger partial charge on any atom is 0.263 e. The first-order valence-electron chi connectivity index (χ1n) is 8.36. The molecule has 0 saturated carbocycles. The largest absolute Gasteiger partial charge is 0.325 e. The molecule has 1 N–H and O–H groups in total. The monoisotopic (exact) mass is 370 g/mol. The van der Waals surface area contributed by atoms with Gasteiger partial charge in [0, 0.05) is 10.6 Å². The first-order chi connectivity index (χ1) is 12.4. The number of hydrogen-bond donors (Lipinski definition) is 1. The number of benzene rings is 1. The zero-order chi connectivity index (χ0) is 18.8. The highest BCUT2D eigenvalue weighted by atomic mass is 32.1. The van der Waals surface area contributed by atoms with E-state index in [1.807, 2.05) is 63.2 Å². The summed E-state index contributed by atoms with van der Waals surface area (Å²) in [4.78, 5) is 34.0. The molecule has 1 amide bonds. The Kier molecular flexibility index (Phi) is 5.20. The van der Waals surface area contributed by atoms with Crippen molar-refractivity contribution in [1.29, 1.82) is 0 Å². The predicted molar refractivity (Wildman–Crippen MR) is 106 cm³/mol. The van der Waals surface area contributed by atoms with E-state index < -0.39 is 0 Å². The second kappa shape index (κ2) is 7.39. The van der Waals surface area contributed by atoms with E-state index in [9.17, 15) is 9.59 Å². The molecule has 3 rings (SSSR count). The van der Waals surface area contributed by atoms with E-state index in [4.69, 9.17) is 0 Å². The highest BCUT2D eigenvalue weighted by Crippen LogP contribution is 2.26. The van der Waals surface area contributed by atoms with Gasteiger partial charge in [-0.25, -0.2) is 4.98 Å². The topological polar surface area (TPSA) is 67.2 Å². The van der Waals surface area contributed by atoms with E-state index >= 15 is 0 Å². The smallest absolute Gasteiger partial charge is 0.263 e. The Bertz CT molecular complexity index is 1010. The van der Waals surface area contributed by atoms with Crippen molar-refractivity contribution >= 4 is 33.1 Å². The molecule has 1 aromatic carbocycles. The molecular weight excluding hydrogens is 348 g/mol. The van der Waals surface area contributed by atoms with Crippen molar-refractivity contribution in [3.05, 3.63) is 57.0 Å². The van der Waals surface area contributed by atoms with Crippen molar-refractivity contribution in [1.82, 2.24) is 14.5 Å². The fraction of sp³-hybridized carbons (Fsp3) is 0.316. The normalized spacial score (nSPS) is 11.3. The average Bonchev–Trinajstić information content (AvgIpc) is 2.86. The first kappa shape index (κ1) is 18.3. The highest BCUT2D eigenvalue weighted by molar-refractivity contribution is 7.18. The molecule has 0 atom stereocenters. The van der Waals surface area contributed by atoms with E-state index in [2.05, 4.69) is 10.3 Å². The average molecular weight is 370 g/mol. The lowest BCUT2D eigenvalue weighted by Crippen LogP contribution is -2.32. The van der Waals surface area contributed by atoms with Gasteiger partial charge >= 0.3 is 0 Å². The lowest BCUT2D eigenvalue weighted by atomic mass is 10.2. The SMILES string of the molecule is Cc1sc2nc(CN(C)C)n(CC(=O)Nc3ccccc3)c(=O)c2c1C. The quantitative estimate of drug-likeness (QED) is 0.750. The number of aromatic nitrogens is 2. The summed E-state index contributed by atoms with van der Waals surface area (Å²) in [5.41, 5.74) is 1.49. The van der Waals surface area contributed by atoms with Gasteiger partial charge in [0.25, 0.3) is 5.56 Å². The van der Waals surface area contributed by atoms with Gasteiger partial charge in [-0.1, -0.05) is 18.2 Å². The summed E-state index contributed by atoms with van der Waals surface area (Å²) in [6.45, 7) is 4.34. The summed E-state index contributed by atoms with van der Waals surface area (Å²) in [6, 6.07) is 9.22. The minimum Gasteiger partial charge on any atom is -0.325 e. The summed E-state index contributed by atoms with van der Waals surface area (Å²) in [6.07, 6.45) is 0. The third-order valence-electron chi connectivity index (χ3n) is 4.18. The maximum atomic E-state index is 13.1. The molecule has 6 nitrogen and oxygen atoms in total. The number of para-hydroxylation sites is 1. The number of hydrogen-bond acceptors (Lipinski definition) is 5. The molecule has 7 heteroatoms. The minimum atomic E-state index is -0.246. The van der Waals surface area contributed by atoms with Crippen LogP contribution in [0, 0.1) is 13.8 Å². The van der Waals surface area contributed by atoms with Gasteiger partial charge in [0.15, 0.2) is 0 Å². The summed E-state index contributed by atoms with van der Waals surface area (Å²) >= 11 is 1.52. The van der Waals surface area contributed by atoms with Crippen LogP contribution in [0.1, 0.15) is 16.3 Å². The standard InChI is InChI=1S/C19H22N4O2S/c1-12-13(2)26-18-17(12)19(25)23(15(21-18)10-22(3)4)11-16(24)20-14-8-6-5-7-9-14/h5-9H,10-11H2,1-4H3,(H,20,24). The molecule has 0 unspecified atom stereocenters. The number of carbonyl (C=O) groups is 1. The van der Waals surface area contributed by atoms with Gasteiger partial charge < -0.3 is 10.2 Å². The lowest BCUT2D eigenvalue weighted by Gasteiger charge is -2.16. The number of anilines is 1. The van der Waals surface area contributed by atoms with E-state index in [1.165, 1.54) is 15.9 Å². The van der Waals surface area contributed by atoms with Crippen molar-refractivity contribution < 1.29 is 4.79 Å². The van der Waals surface area contributed by atoms with Crippen molar-refractivity contribution in [2.45, 2.75) is 26.9 Å². The van der Waals surface area contributed by atoms with Gasteiger partial charge in [0.05, 0.1) is 11.9 Å². The van der Waals surface area contributed by atoms with Gasteiger partial charge in [-0.15, -0.1) is 11.3 Å². The van der Waals surface area contributed by atoms with Crippen LogP contribution in [0.5, 0.6) is 0 Å². The van der Waals surface area contributed by atoms with Crippen LogP contribution in [0.2, 0.25) is 0 Å². The molecule has 0 bridgehead atoms. The molecule has 0 aliphatic carbocycles. The summed E-state index contributed by atoms with van der Waals surface area (Å²) in [5, 5.41) is 3.44. The van der Waals surface area contributed by atoms with E-state index in [0.717, 1.165) is 15.3 Å². The summed E-state index contributed by atoms with van der Waals surface area (Å²) < 4.78 is 1.49. The van der Waals surface area contributed by atoms with Crippen molar-refractivity contribution in [2.24, 2.45) is 0 Å². The minimum absolute atomic E-state index is 0.0613. The van der Waals surface area contributed by atoms with Gasteiger partial charge in [0.1, 0.15) is 17.2 Å². The summed E-state index contributed by atoms with van der Waals surface area (Å²) in [7, 11) is 3.82. The van der Waals surface area contributed by atoms with Crippen molar-refractivity contribution in [3.8, 4) is 0 Å². The van der Waals surface area contributed by atoms with Gasteiger partial charge in [-0.3, -0.25) is 14.2 Å². The van der Waals surface area contributed by atoms with Gasteiger partial charge in [-0.05, 0) is 45.6 Å². The number of fused-ring (bicyclic) bond motifs is 1. The number of aryl methyl sites for hydroxylation is 2. The van der Waals surface area contributed by atoms with E-state index in [-0.39, 0.29) is 18.0 Å². The molecule has 0 saturated heterocycles. The highest BCUT2D eigenvalue weighted by Gasteiger charge is 2.18. The molecule has 0 aliphatic heterocycles. The number of nitrogens with one attached hydrogen (secondary N) is 1. The molecular formula is C19H22N4O2S. The number of amides is 1. The third-order valence-corrected chi connectivity index (χ3v) is 5.29. The Morgan fingerprint density at radius 1 is 1.23 bits per heavy atom. The van der Waals surface area contributed by atoms with Crippen LogP contribution < -0.4 is 10.9 Å². The zero-order valence-electron chi connectivity index (χ0n) is 15.4. The predicted octanol–water partition coefficient (Wildman–Crippen LogP) is 2.78. The number of nitrogens with zero attached hydrogens (tertiary/aromatic N) is 3. The lowest BCUT2D eigenvalue weighted by molar-refractivity contribution is -0.116. The van der Waals surface area contributed by atoms with Crippen molar-refractivity contribution in [3.63, 3.8) is 0 Å². The molecule has 3 aromatic rings. The molecule has 0 spiro atoms. The fourth-order valence-electron chi connectivity index (χ4n) is 2.80. The van der Waals surface area contributed by atoms with Gasteiger partial charge in [0.2, 0.25) is 5.91 Å². The molecule has 2 heterocycles. The van der Waals surface area contributed by atoms with E-state index in [1.54, 1.807) is 0 Å². The summed E-state index contributed by atoms with van der Waals surface area (Å²) in [5.74, 6) is 0.348. The van der Waals surface area contributed by atoms with Crippen LogP contribution in [0.15, 0.2) is 35.1 Å². The second-order valence-electron chi connectivity index (χ2n) is 6.53. The first-order valence-corrected chi connectivity index (χ1v) is 9.17. The number of thiophene rings is 1. The van der Waals surface area contributed by atoms with Crippen LogP contribution in [0.4, 0.5) is 5.69 Å². The molecule has 26 heavy (non-hydrogen) atoms. The number of carbonyl (C=O) groups excluding carboxylic acids is 1. The zero-order valence-corrected chi connectivity index (χ0v) is 16.2. The Hall–Kier alpha value is -2.51. The molecule has 0 radical (unpaired) electrons. The van der Waals surface area contributed by atoms with Gasteiger partial charge in [-0.2, -0.15) is 0 Å². The van der Waals surface area contributed by atoms with Crippen LogP contribution in [-0.4, -0.2) is 34.5 Å². The Labute approximate surface area is 156 Å². The fourth-order valence-corrected chi connectivity index (χ4v) is 3.84. The molecule has 2 aromatic heterocycles. The van der Waals surface area contributed by atoms with E-state index in [0.29, 0.717) is 23.4 Å². The third kappa shape index (κ3) is 3.68. The maximum absolute atomic E-state index is 13.1. The molecule has 136 valence electrons. The second-order valence-corrected chi connectivity index (χ2v) is 7.74. The van der Waals surface area contributed by atoms with Crippen LogP contribution in [0.25, 0.3) is 10.2 Å². The van der Waals surface area contributed by atoms with Crippen molar-refractivity contribution in [2.75, 3.05) is 19.4 Å². The molecule has 0 aliphatic rings. The van der Waals surface area contributed by atoms with Crippen LogP contribution in [0.3, 0.4) is 0 Å². The Morgan fingerprint density at radius 2 is 1.92 bits per heavy atom. The van der Waals surface area contributed by atoms with Crippen LogP contribution in [-0.2, 0) is 17.9 Å². The molecule has 0 fully saturated rings. The number of rotatable bonds is 5.